The molecule has 0 unspecified atom stereocenters. The van der Waals surface area contributed by atoms with E-state index in [-0.39, 0.29) is 30.8 Å². The van der Waals surface area contributed by atoms with Crippen molar-refractivity contribution in [1.29, 1.82) is 0 Å². The molecule has 0 saturated carbocycles. The molecule has 156 valence electrons. The van der Waals surface area contributed by atoms with E-state index >= 15 is 0 Å². The first-order valence-corrected chi connectivity index (χ1v) is 10.7. The summed E-state index contributed by atoms with van der Waals surface area (Å²) < 4.78 is 12.1. The molecular weight excluding hydrogens is 414 g/mol. The molecular formula is C23H19N3O4S. The Balaban J connectivity index is 1.37. The molecule has 7 nitrogen and oxygen atoms in total. The Hall–Kier alpha value is -3.65. The van der Waals surface area contributed by atoms with Gasteiger partial charge in [0, 0.05) is 10.9 Å². The molecule has 0 saturated heterocycles. The van der Waals surface area contributed by atoms with Crippen LogP contribution in [-0.4, -0.2) is 22.3 Å². The van der Waals surface area contributed by atoms with Crippen molar-refractivity contribution < 1.29 is 14.3 Å². The number of hydrogen-bond acceptors (Lipinski definition) is 6. The van der Waals surface area contributed by atoms with Crippen molar-refractivity contribution in [3.8, 4) is 22.6 Å². The zero-order valence-corrected chi connectivity index (χ0v) is 17.5. The number of aromatic nitrogens is 2. The van der Waals surface area contributed by atoms with Crippen molar-refractivity contribution in [2.45, 2.75) is 19.5 Å². The van der Waals surface area contributed by atoms with Crippen LogP contribution in [0, 0.1) is 0 Å². The maximum Gasteiger partial charge on any atom is 0.263 e. The summed E-state index contributed by atoms with van der Waals surface area (Å²) in [5, 5.41) is 5.40. The number of thiophene rings is 1. The number of carbonyl (C=O) groups excluding carboxylic acids is 1. The fraction of sp³-hybridized carbons (Fsp3) is 0.174. The molecule has 31 heavy (non-hydrogen) atoms. The van der Waals surface area contributed by atoms with Crippen molar-refractivity contribution in [1.82, 2.24) is 14.9 Å². The smallest absolute Gasteiger partial charge is 0.263 e. The molecule has 1 atom stereocenters. The van der Waals surface area contributed by atoms with Crippen molar-refractivity contribution in [3.63, 3.8) is 0 Å². The van der Waals surface area contributed by atoms with Crippen molar-refractivity contribution in [2.24, 2.45) is 0 Å². The molecule has 3 heterocycles. The topological polar surface area (TPSA) is 82.5 Å². The molecule has 1 N–H and O–H groups in total. The fourth-order valence-electron chi connectivity index (χ4n) is 3.62. The zero-order valence-electron chi connectivity index (χ0n) is 16.7. The Labute approximate surface area is 181 Å². The maximum absolute atomic E-state index is 13.1. The summed E-state index contributed by atoms with van der Waals surface area (Å²) >= 11 is 1.42. The number of ether oxygens (including phenoxy) is 2. The molecule has 5 rings (SSSR count). The summed E-state index contributed by atoms with van der Waals surface area (Å²) in [7, 11) is 0. The molecule has 2 aromatic carbocycles. The van der Waals surface area contributed by atoms with Gasteiger partial charge in [0.05, 0.1) is 17.8 Å². The van der Waals surface area contributed by atoms with E-state index in [0.717, 1.165) is 16.7 Å². The van der Waals surface area contributed by atoms with E-state index in [1.54, 1.807) is 0 Å². The minimum Gasteiger partial charge on any atom is -0.454 e. The molecule has 1 aliphatic rings. The van der Waals surface area contributed by atoms with Crippen molar-refractivity contribution in [3.05, 3.63) is 76.2 Å². The van der Waals surface area contributed by atoms with Gasteiger partial charge in [0.2, 0.25) is 12.7 Å². The Morgan fingerprint density at radius 3 is 2.84 bits per heavy atom. The predicted molar refractivity (Wildman–Crippen MR) is 118 cm³/mol. The number of benzene rings is 2. The number of hydrogen-bond donors (Lipinski definition) is 1. The van der Waals surface area contributed by atoms with Crippen LogP contribution in [0.3, 0.4) is 0 Å². The van der Waals surface area contributed by atoms with Crippen LogP contribution in [-0.2, 0) is 11.3 Å². The molecule has 0 radical (unpaired) electrons. The van der Waals surface area contributed by atoms with Gasteiger partial charge >= 0.3 is 0 Å². The first-order chi connectivity index (χ1) is 15.1. The van der Waals surface area contributed by atoms with Gasteiger partial charge in [-0.1, -0.05) is 36.4 Å². The van der Waals surface area contributed by atoms with E-state index in [4.69, 9.17) is 9.47 Å². The molecule has 4 aromatic rings. The van der Waals surface area contributed by atoms with E-state index in [9.17, 15) is 9.59 Å². The van der Waals surface area contributed by atoms with Crippen LogP contribution < -0.4 is 20.3 Å². The number of amides is 1. The molecule has 0 spiro atoms. The van der Waals surface area contributed by atoms with E-state index in [2.05, 4.69) is 10.3 Å². The Morgan fingerprint density at radius 1 is 1.19 bits per heavy atom. The third-order valence-corrected chi connectivity index (χ3v) is 6.12. The highest BCUT2D eigenvalue weighted by atomic mass is 32.1. The van der Waals surface area contributed by atoms with Gasteiger partial charge in [0.25, 0.3) is 5.56 Å². The van der Waals surface area contributed by atoms with Gasteiger partial charge in [0.15, 0.2) is 11.5 Å². The first-order valence-electron chi connectivity index (χ1n) is 9.81. The standard InChI is InChI=1S/C23H19N3O4S/c1-14(16-7-8-18-19(9-16)30-13-29-18)25-20(27)10-26-12-24-22-21(23(26)28)17(11-31-22)15-5-3-2-4-6-15/h2-9,11-12,14H,10,13H2,1H3,(H,25,27)/t14-/m1/s1. The highest BCUT2D eigenvalue weighted by molar-refractivity contribution is 7.17. The third kappa shape index (κ3) is 3.66. The summed E-state index contributed by atoms with van der Waals surface area (Å²) in [6.07, 6.45) is 1.43. The van der Waals surface area contributed by atoms with Gasteiger partial charge in [-0.2, -0.15) is 0 Å². The second-order valence-electron chi connectivity index (χ2n) is 7.28. The highest BCUT2D eigenvalue weighted by Crippen LogP contribution is 2.34. The van der Waals surface area contributed by atoms with E-state index in [1.807, 2.05) is 60.8 Å². The number of nitrogens with one attached hydrogen (secondary N) is 1. The lowest BCUT2D eigenvalue weighted by molar-refractivity contribution is -0.122. The van der Waals surface area contributed by atoms with Crippen molar-refractivity contribution >= 4 is 27.5 Å². The minimum atomic E-state index is -0.273. The van der Waals surface area contributed by atoms with Crippen LogP contribution in [0.1, 0.15) is 18.5 Å². The Bertz CT molecular complexity index is 1330. The fourth-order valence-corrected chi connectivity index (χ4v) is 4.52. The second-order valence-corrected chi connectivity index (χ2v) is 8.13. The number of fused-ring (bicyclic) bond motifs is 2. The van der Waals surface area contributed by atoms with Gasteiger partial charge < -0.3 is 14.8 Å². The second kappa shape index (κ2) is 7.88. The number of rotatable bonds is 5. The average Bonchev–Trinajstić information content (AvgIpc) is 3.43. The molecule has 8 heteroatoms. The average molecular weight is 433 g/mol. The number of nitrogens with zero attached hydrogens (tertiary/aromatic N) is 2. The predicted octanol–water partition coefficient (Wildman–Crippen LogP) is 3.73. The van der Waals surface area contributed by atoms with Crippen LogP contribution in [0.25, 0.3) is 21.3 Å². The van der Waals surface area contributed by atoms with E-state index < -0.39 is 0 Å². The van der Waals surface area contributed by atoms with Crippen LogP contribution in [0.4, 0.5) is 0 Å². The number of carbonyl (C=O) groups is 1. The molecule has 1 amide bonds. The molecule has 1 aliphatic heterocycles. The normalized spacial score (nSPS) is 13.3. The maximum atomic E-state index is 13.1. The monoisotopic (exact) mass is 433 g/mol. The third-order valence-electron chi connectivity index (χ3n) is 5.23. The summed E-state index contributed by atoms with van der Waals surface area (Å²) in [6, 6.07) is 15.0. The van der Waals surface area contributed by atoms with Crippen LogP contribution in [0.5, 0.6) is 11.5 Å². The molecule has 0 bridgehead atoms. The van der Waals surface area contributed by atoms with Crippen LogP contribution in [0.15, 0.2) is 65.0 Å². The van der Waals surface area contributed by atoms with Gasteiger partial charge in [-0.05, 0) is 30.2 Å². The van der Waals surface area contributed by atoms with Gasteiger partial charge in [0.1, 0.15) is 11.4 Å². The quantitative estimate of drug-likeness (QED) is 0.519. The lowest BCUT2D eigenvalue weighted by Gasteiger charge is -2.15. The van der Waals surface area contributed by atoms with Gasteiger partial charge in [-0.15, -0.1) is 11.3 Å². The van der Waals surface area contributed by atoms with Crippen LogP contribution >= 0.6 is 11.3 Å². The lowest BCUT2D eigenvalue weighted by Crippen LogP contribution is -2.33. The van der Waals surface area contributed by atoms with Crippen molar-refractivity contribution in [2.75, 3.05) is 6.79 Å². The summed E-state index contributed by atoms with van der Waals surface area (Å²) in [5.74, 6) is 1.08. The van der Waals surface area contributed by atoms with E-state index in [1.165, 1.54) is 22.2 Å². The molecule has 0 aliphatic carbocycles. The Kier molecular flexibility index (Phi) is 4.91. The van der Waals surface area contributed by atoms with Gasteiger partial charge in [-0.25, -0.2) is 4.98 Å². The first kappa shape index (κ1) is 19.3. The molecule has 2 aromatic heterocycles. The highest BCUT2D eigenvalue weighted by Gasteiger charge is 2.18. The Morgan fingerprint density at radius 2 is 2.00 bits per heavy atom. The summed E-state index contributed by atoms with van der Waals surface area (Å²) in [6.45, 7) is 1.97. The minimum absolute atomic E-state index is 0.110. The van der Waals surface area contributed by atoms with E-state index in [0.29, 0.717) is 21.7 Å². The van der Waals surface area contributed by atoms with Gasteiger partial charge in [-0.3, -0.25) is 14.2 Å². The summed E-state index contributed by atoms with van der Waals surface area (Å²) in [5.41, 5.74) is 2.45. The zero-order chi connectivity index (χ0) is 21.4. The largest absolute Gasteiger partial charge is 0.454 e. The van der Waals surface area contributed by atoms with Crippen LogP contribution in [0.2, 0.25) is 0 Å². The SMILES string of the molecule is C[C@@H](NC(=O)Cn1cnc2scc(-c3ccccc3)c2c1=O)c1ccc2c(c1)OCO2. The lowest BCUT2D eigenvalue weighted by atomic mass is 10.1. The summed E-state index contributed by atoms with van der Waals surface area (Å²) in [4.78, 5) is 30.8. The molecule has 0 fully saturated rings.